The largest absolute Gasteiger partial charge is 0.464 e. The third-order valence-electron chi connectivity index (χ3n) is 2.88. The standard InChI is InChI=1S/C10H18O2/c1-7-4-8(2)10(12-6-11)9(3)5-7/h6-10H,4-5H2,1-3H3. The third kappa shape index (κ3) is 1.99. The van der Waals surface area contributed by atoms with Gasteiger partial charge in [-0.05, 0) is 30.6 Å². The minimum absolute atomic E-state index is 0.152. The summed E-state index contributed by atoms with van der Waals surface area (Å²) in [5, 5.41) is 0. The van der Waals surface area contributed by atoms with Crippen molar-refractivity contribution in [1.29, 1.82) is 0 Å². The highest BCUT2D eigenvalue weighted by Gasteiger charge is 2.32. The van der Waals surface area contributed by atoms with Crippen molar-refractivity contribution in [1.82, 2.24) is 0 Å². The summed E-state index contributed by atoms with van der Waals surface area (Å²) >= 11 is 0. The van der Waals surface area contributed by atoms with Crippen molar-refractivity contribution in [3.05, 3.63) is 0 Å². The van der Waals surface area contributed by atoms with E-state index in [0.29, 0.717) is 18.3 Å². The molecule has 1 aliphatic carbocycles. The minimum Gasteiger partial charge on any atom is -0.464 e. The van der Waals surface area contributed by atoms with Crippen LogP contribution in [0.3, 0.4) is 0 Å². The highest BCUT2D eigenvalue weighted by Crippen LogP contribution is 2.34. The summed E-state index contributed by atoms with van der Waals surface area (Å²) in [7, 11) is 0. The van der Waals surface area contributed by atoms with E-state index < -0.39 is 0 Å². The van der Waals surface area contributed by atoms with Crippen LogP contribution < -0.4 is 0 Å². The van der Waals surface area contributed by atoms with Gasteiger partial charge in [-0.3, -0.25) is 4.79 Å². The molecule has 0 aromatic rings. The van der Waals surface area contributed by atoms with Crippen LogP contribution in [0.2, 0.25) is 0 Å². The van der Waals surface area contributed by atoms with Gasteiger partial charge in [0.1, 0.15) is 6.10 Å². The highest BCUT2D eigenvalue weighted by molar-refractivity contribution is 5.37. The molecule has 0 radical (unpaired) electrons. The first-order valence-corrected chi connectivity index (χ1v) is 4.74. The lowest BCUT2D eigenvalue weighted by Gasteiger charge is -2.36. The average molecular weight is 170 g/mol. The molecule has 0 aromatic carbocycles. The first-order chi connectivity index (χ1) is 5.65. The van der Waals surface area contributed by atoms with E-state index in [1.54, 1.807) is 0 Å². The molecule has 1 fully saturated rings. The highest BCUT2D eigenvalue weighted by atomic mass is 16.5. The predicted molar refractivity (Wildman–Crippen MR) is 47.7 cm³/mol. The summed E-state index contributed by atoms with van der Waals surface area (Å²) in [6, 6.07) is 0. The van der Waals surface area contributed by atoms with Crippen molar-refractivity contribution in [2.75, 3.05) is 0 Å². The van der Waals surface area contributed by atoms with Crippen LogP contribution in [-0.2, 0) is 9.53 Å². The van der Waals surface area contributed by atoms with Crippen molar-refractivity contribution in [2.45, 2.75) is 39.7 Å². The average Bonchev–Trinajstić information content (AvgIpc) is 1.96. The Bertz CT molecular complexity index is 144. The van der Waals surface area contributed by atoms with Crippen molar-refractivity contribution in [3.8, 4) is 0 Å². The molecule has 0 spiro atoms. The number of carbonyl (C=O) groups is 1. The Morgan fingerprint density at radius 1 is 1.17 bits per heavy atom. The monoisotopic (exact) mass is 170 g/mol. The van der Waals surface area contributed by atoms with Crippen molar-refractivity contribution < 1.29 is 9.53 Å². The molecule has 1 aliphatic rings. The number of ether oxygens (including phenoxy) is 1. The maximum absolute atomic E-state index is 10.2. The molecule has 0 saturated heterocycles. The van der Waals surface area contributed by atoms with Crippen LogP contribution in [0.5, 0.6) is 0 Å². The second-order valence-electron chi connectivity index (χ2n) is 4.23. The van der Waals surface area contributed by atoms with Crippen LogP contribution in [0.4, 0.5) is 0 Å². The first-order valence-electron chi connectivity index (χ1n) is 4.74. The summed E-state index contributed by atoms with van der Waals surface area (Å²) in [5.74, 6) is 1.82. The van der Waals surface area contributed by atoms with E-state index >= 15 is 0 Å². The normalized spacial score (nSPS) is 42.2. The minimum atomic E-state index is 0.152. The van der Waals surface area contributed by atoms with E-state index in [4.69, 9.17) is 4.74 Å². The molecule has 2 nitrogen and oxygen atoms in total. The van der Waals surface area contributed by atoms with Crippen LogP contribution in [0, 0.1) is 17.8 Å². The number of hydrogen-bond donors (Lipinski definition) is 0. The van der Waals surface area contributed by atoms with E-state index in [9.17, 15) is 4.79 Å². The quantitative estimate of drug-likeness (QED) is 0.594. The van der Waals surface area contributed by atoms with Crippen LogP contribution in [0.1, 0.15) is 33.6 Å². The maximum atomic E-state index is 10.2. The molecule has 2 heteroatoms. The summed E-state index contributed by atoms with van der Waals surface area (Å²) < 4.78 is 5.08. The molecule has 1 rings (SSSR count). The topological polar surface area (TPSA) is 26.3 Å². The second kappa shape index (κ2) is 3.92. The van der Waals surface area contributed by atoms with Crippen molar-refractivity contribution in [2.24, 2.45) is 17.8 Å². The second-order valence-corrected chi connectivity index (χ2v) is 4.23. The van der Waals surface area contributed by atoms with Crippen LogP contribution >= 0.6 is 0 Å². The Kier molecular flexibility index (Phi) is 3.12. The third-order valence-corrected chi connectivity index (χ3v) is 2.88. The van der Waals surface area contributed by atoms with E-state index in [0.717, 1.165) is 5.92 Å². The van der Waals surface area contributed by atoms with Gasteiger partial charge < -0.3 is 4.74 Å². The predicted octanol–water partition coefficient (Wildman–Crippen LogP) is 2.23. The lowest BCUT2D eigenvalue weighted by Crippen LogP contribution is -2.35. The molecule has 0 aromatic heterocycles. The van der Waals surface area contributed by atoms with Crippen LogP contribution in [-0.4, -0.2) is 12.6 Å². The zero-order valence-electron chi connectivity index (χ0n) is 8.12. The molecule has 12 heavy (non-hydrogen) atoms. The molecule has 0 N–H and O–H groups in total. The first kappa shape index (κ1) is 9.56. The van der Waals surface area contributed by atoms with Gasteiger partial charge in [0.25, 0.3) is 6.47 Å². The Morgan fingerprint density at radius 3 is 2.08 bits per heavy atom. The molecule has 2 atom stereocenters. The number of hydrogen-bond acceptors (Lipinski definition) is 2. The summed E-state index contributed by atoms with van der Waals surface area (Å²) in [6.07, 6.45) is 2.52. The van der Waals surface area contributed by atoms with Gasteiger partial charge in [0.2, 0.25) is 0 Å². The van der Waals surface area contributed by atoms with Gasteiger partial charge in [-0.2, -0.15) is 0 Å². The van der Waals surface area contributed by atoms with Gasteiger partial charge in [-0.15, -0.1) is 0 Å². The summed E-state index contributed by atoms with van der Waals surface area (Å²) in [5.41, 5.74) is 0. The van der Waals surface area contributed by atoms with Crippen LogP contribution in [0.15, 0.2) is 0 Å². The number of carbonyl (C=O) groups excluding carboxylic acids is 1. The van der Waals surface area contributed by atoms with Gasteiger partial charge in [-0.1, -0.05) is 20.8 Å². The Balaban J connectivity index is 2.53. The lowest BCUT2D eigenvalue weighted by atomic mass is 9.75. The molecule has 0 heterocycles. The van der Waals surface area contributed by atoms with Gasteiger partial charge >= 0.3 is 0 Å². The Hall–Kier alpha value is -0.530. The fourth-order valence-electron chi connectivity index (χ4n) is 2.53. The fraction of sp³-hybridized carbons (Fsp3) is 0.900. The lowest BCUT2D eigenvalue weighted by molar-refractivity contribution is -0.141. The van der Waals surface area contributed by atoms with Gasteiger partial charge in [0.05, 0.1) is 0 Å². The zero-order chi connectivity index (χ0) is 9.14. The number of rotatable bonds is 2. The zero-order valence-corrected chi connectivity index (χ0v) is 8.12. The van der Waals surface area contributed by atoms with E-state index in [1.807, 2.05) is 0 Å². The Morgan fingerprint density at radius 2 is 1.67 bits per heavy atom. The molecule has 0 aliphatic heterocycles. The summed E-state index contributed by atoms with van der Waals surface area (Å²) in [6.45, 7) is 7.19. The molecule has 1 saturated carbocycles. The molecule has 0 bridgehead atoms. The Labute approximate surface area is 74.3 Å². The molecule has 2 unspecified atom stereocenters. The van der Waals surface area contributed by atoms with Crippen molar-refractivity contribution >= 4 is 6.47 Å². The fourth-order valence-corrected chi connectivity index (χ4v) is 2.53. The molecule has 0 amide bonds. The smallest absolute Gasteiger partial charge is 0.293 e. The SMILES string of the molecule is CC1CC(C)C(OC=O)C(C)C1. The van der Waals surface area contributed by atoms with Gasteiger partial charge in [0, 0.05) is 0 Å². The van der Waals surface area contributed by atoms with Gasteiger partial charge in [-0.25, -0.2) is 0 Å². The van der Waals surface area contributed by atoms with Gasteiger partial charge in [0.15, 0.2) is 0 Å². The molecular formula is C10H18O2. The summed E-state index contributed by atoms with van der Waals surface area (Å²) in [4.78, 5) is 10.2. The maximum Gasteiger partial charge on any atom is 0.293 e. The van der Waals surface area contributed by atoms with Crippen molar-refractivity contribution in [3.63, 3.8) is 0 Å². The van der Waals surface area contributed by atoms with E-state index in [1.165, 1.54) is 12.8 Å². The van der Waals surface area contributed by atoms with E-state index in [-0.39, 0.29) is 6.10 Å². The van der Waals surface area contributed by atoms with E-state index in [2.05, 4.69) is 20.8 Å². The molecular weight excluding hydrogens is 152 g/mol. The molecule has 70 valence electrons. The van der Waals surface area contributed by atoms with Crippen LogP contribution in [0.25, 0.3) is 0 Å².